The van der Waals surface area contributed by atoms with E-state index in [9.17, 15) is 4.79 Å². The zero-order valence-corrected chi connectivity index (χ0v) is 12.4. The summed E-state index contributed by atoms with van der Waals surface area (Å²) in [6, 6.07) is 0. The minimum absolute atomic E-state index is 0.231. The van der Waals surface area contributed by atoms with E-state index in [1.807, 2.05) is 14.0 Å². The van der Waals surface area contributed by atoms with Crippen molar-refractivity contribution >= 4 is 29.0 Å². The molecule has 3 N–H and O–H groups in total. The third-order valence-corrected chi connectivity index (χ3v) is 5.88. The van der Waals surface area contributed by atoms with Crippen molar-refractivity contribution in [2.24, 2.45) is 5.73 Å². The molecule has 100 valence electrons. The number of hydrogen-bond acceptors (Lipinski definition) is 5. The standard InChI is InChI=1S/C12H19N3OS2/c1-8-7-17-11(15-8)18-9-4-3-5-12(6-9,14-2)10(13)16/h7,9,14H,3-6H2,1-2H3,(H2,13,16). The van der Waals surface area contributed by atoms with Crippen molar-refractivity contribution in [3.63, 3.8) is 0 Å². The van der Waals surface area contributed by atoms with Gasteiger partial charge >= 0.3 is 0 Å². The van der Waals surface area contributed by atoms with Crippen LogP contribution in [0.2, 0.25) is 0 Å². The first-order chi connectivity index (χ1) is 8.55. The molecule has 1 aliphatic rings. The molecule has 18 heavy (non-hydrogen) atoms. The van der Waals surface area contributed by atoms with Gasteiger partial charge in [-0.05, 0) is 39.7 Å². The van der Waals surface area contributed by atoms with E-state index >= 15 is 0 Å². The molecule has 2 rings (SSSR count). The Kier molecular flexibility index (Phi) is 4.29. The van der Waals surface area contributed by atoms with Gasteiger partial charge in [-0.3, -0.25) is 4.79 Å². The van der Waals surface area contributed by atoms with Crippen LogP contribution >= 0.6 is 23.1 Å². The highest BCUT2D eigenvalue weighted by Crippen LogP contribution is 2.39. The molecule has 6 heteroatoms. The number of nitrogens with two attached hydrogens (primary N) is 1. The molecule has 0 radical (unpaired) electrons. The molecule has 2 atom stereocenters. The SMILES string of the molecule is CNC1(C(N)=O)CCCC(Sc2nc(C)cs2)C1. The Morgan fingerprint density at radius 2 is 2.50 bits per heavy atom. The summed E-state index contributed by atoms with van der Waals surface area (Å²) in [6.07, 6.45) is 3.79. The number of carbonyl (C=O) groups is 1. The fourth-order valence-electron chi connectivity index (χ4n) is 2.43. The van der Waals surface area contributed by atoms with E-state index in [1.54, 1.807) is 23.1 Å². The predicted molar refractivity (Wildman–Crippen MR) is 75.9 cm³/mol. The van der Waals surface area contributed by atoms with Gasteiger partial charge < -0.3 is 11.1 Å². The lowest BCUT2D eigenvalue weighted by Crippen LogP contribution is -2.57. The zero-order valence-electron chi connectivity index (χ0n) is 10.7. The molecule has 1 aromatic heterocycles. The molecule has 2 unspecified atom stereocenters. The number of primary amides is 1. The molecule has 0 aliphatic heterocycles. The van der Waals surface area contributed by atoms with E-state index in [0.717, 1.165) is 35.7 Å². The van der Waals surface area contributed by atoms with E-state index in [4.69, 9.17) is 5.73 Å². The molecule has 0 spiro atoms. The molecular formula is C12H19N3OS2. The lowest BCUT2D eigenvalue weighted by Gasteiger charge is -2.37. The van der Waals surface area contributed by atoms with E-state index in [2.05, 4.69) is 15.7 Å². The van der Waals surface area contributed by atoms with Crippen LogP contribution in [0.3, 0.4) is 0 Å². The third-order valence-electron chi connectivity index (χ3n) is 3.52. The number of aromatic nitrogens is 1. The highest BCUT2D eigenvalue weighted by Gasteiger charge is 2.40. The molecule has 1 fully saturated rings. The monoisotopic (exact) mass is 285 g/mol. The summed E-state index contributed by atoms with van der Waals surface area (Å²) in [5.74, 6) is -0.231. The number of hydrogen-bond donors (Lipinski definition) is 2. The van der Waals surface area contributed by atoms with Crippen LogP contribution in [0.1, 0.15) is 31.4 Å². The Balaban J connectivity index is 2.04. The van der Waals surface area contributed by atoms with E-state index in [0.29, 0.717) is 5.25 Å². The Labute approximate surface area is 116 Å². The number of likely N-dealkylation sites (N-methyl/N-ethyl adjacent to an activating group) is 1. The van der Waals surface area contributed by atoms with Crippen LogP contribution in [0, 0.1) is 6.92 Å². The lowest BCUT2D eigenvalue weighted by molar-refractivity contribution is -0.125. The summed E-state index contributed by atoms with van der Waals surface area (Å²) in [4.78, 5) is 16.1. The van der Waals surface area contributed by atoms with E-state index in [1.165, 1.54) is 0 Å². The average molecular weight is 285 g/mol. The molecule has 1 amide bonds. The van der Waals surface area contributed by atoms with Crippen LogP contribution < -0.4 is 11.1 Å². The topological polar surface area (TPSA) is 68.0 Å². The van der Waals surface area contributed by atoms with Gasteiger partial charge in [-0.25, -0.2) is 4.98 Å². The van der Waals surface area contributed by atoms with Crippen molar-refractivity contribution in [2.45, 2.75) is 47.7 Å². The van der Waals surface area contributed by atoms with Crippen molar-refractivity contribution in [1.82, 2.24) is 10.3 Å². The first kappa shape index (κ1) is 13.8. The summed E-state index contributed by atoms with van der Waals surface area (Å²) in [6.45, 7) is 2.00. The predicted octanol–water partition coefficient (Wildman–Crippen LogP) is 1.93. The van der Waals surface area contributed by atoms with Crippen LogP contribution in [-0.2, 0) is 4.79 Å². The van der Waals surface area contributed by atoms with Crippen molar-refractivity contribution in [3.05, 3.63) is 11.1 Å². The molecule has 4 nitrogen and oxygen atoms in total. The van der Waals surface area contributed by atoms with Crippen molar-refractivity contribution in [1.29, 1.82) is 0 Å². The van der Waals surface area contributed by atoms with Gasteiger partial charge in [0.1, 0.15) is 4.34 Å². The smallest absolute Gasteiger partial charge is 0.237 e. The highest BCUT2D eigenvalue weighted by atomic mass is 32.2. The van der Waals surface area contributed by atoms with Gasteiger partial charge in [-0.1, -0.05) is 11.8 Å². The largest absolute Gasteiger partial charge is 0.368 e. The van der Waals surface area contributed by atoms with Crippen LogP contribution in [0.15, 0.2) is 9.72 Å². The Morgan fingerprint density at radius 1 is 1.72 bits per heavy atom. The molecule has 1 saturated carbocycles. The second-order valence-corrected chi connectivity index (χ2v) is 7.19. The lowest BCUT2D eigenvalue weighted by atomic mass is 9.81. The highest BCUT2D eigenvalue weighted by molar-refractivity contribution is 8.01. The van der Waals surface area contributed by atoms with Crippen molar-refractivity contribution in [2.75, 3.05) is 7.05 Å². The summed E-state index contributed by atoms with van der Waals surface area (Å²) >= 11 is 3.45. The molecule has 1 aromatic rings. The van der Waals surface area contributed by atoms with E-state index in [-0.39, 0.29) is 5.91 Å². The average Bonchev–Trinajstić information content (AvgIpc) is 2.74. The Hall–Kier alpha value is -0.590. The van der Waals surface area contributed by atoms with Crippen LogP contribution in [0.4, 0.5) is 0 Å². The molecule has 1 heterocycles. The molecule has 0 aromatic carbocycles. The fourth-order valence-corrected chi connectivity index (χ4v) is 4.86. The molecule has 0 saturated heterocycles. The maximum absolute atomic E-state index is 11.6. The van der Waals surface area contributed by atoms with Gasteiger partial charge in [0.2, 0.25) is 5.91 Å². The molecular weight excluding hydrogens is 266 g/mol. The fraction of sp³-hybridized carbons (Fsp3) is 0.667. The first-order valence-corrected chi connectivity index (χ1v) is 7.89. The second-order valence-electron chi connectivity index (χ2n) is 4.79. The van der Waals surface area contributed by atoms with Crippen LogP contribution in [-0.4, -0.2) is 28.7 Å². The van der Waals surface area contributed by atoms with Crippen molar-refractivity contribution < 1.29 is 4.79 Å². The normalized spacial score (nSPS) is 28.2. The van der Waals surface area contributed by atoms with Crippen molar-refractivity contribution in [3.8, 4) is 0 Å². The maximum atomic E-state index is 11.6. The van der Waals surface area contributed by atoms with Gasteiger partial charge in [0, 0.05) is 16.3 Å². The zero-order chi connectivity index (χ0) is 13.2. The van der Waals surface area contributed by atoms with Crippen LogP contribution in [0.25, 0.3) is 0 Å². The van der Waals surface area contributed by atoms with Gasteiger partial charge in [0.25, 0.3) is 0 Å². The minimum Gasteiger partial charge on any atom is -0.368 e. The molecule has 0 bridgehead atoms. The number of aryl methyl sites for hydroxylation is 1. The minimum atomic E-state index is -0.526. The van der Waals surface area contributed by atoms with Crippen LogP contribution in [0.5, 0.6) is 0 Å². The Bertz CT molecular complexity index is 435. The number of nitrogens with zero attached hydrogens (tertiary/aromatic N) is 1. The maximum Gasteiger partial charge on any atom is 0.237 e. The van der Waals surface area contributed by atoms with Gasteiger partial charge in [-0.2, -0.15) is 0 Å². The number of amides is 1. The number of carbonyl (C=O) groups excluding carboxylic acids is 1. The number of thioether (sulfide) groups is 1. The number of thiazole rings is 1. The summed E-state index contributed by atoms with van der Waals surface area (Å²) in [5.41, 5.74) is 6.09. The Morgan fingerprint density at radius 3 is 3.06 bits per heavy atom. The third kappa shape index (κ3) is 2.87. The van der Waals surface area contributed by atoms with Gasteiger partial charge in [0.15, 0.2) is 0 Å². The number of nitrogens with one attached hydrogen (secondary N) is 1. The van der Waals surface area contributed by atoms with Gasteiger partial charge in [-0.15, -0.1) is 11.3 Å². The number of rotatable bonds is 4. The summed E-state index contributed by atoms with van der Waals surface area (Å²) in [7, 11) is 1.82. The second kappa shape index (κ2) is 5.59. The van der Waals surface area contributed by atoms with Gasteiger partial charge in [0.05, 0.1) is 5.54 Å². The summed E-state index contributed by atoms with van der Waals surface area (Å²) < 4.78 is 1.09. The summed E-state index contributed by atoms with van der Waals surface area (Å²) in [5, 5.41) is 5.61. The quantitative estimate of drug-likeness (QED) is 0.887. The first-order valence-electron chi connectivity index (χ1n) is 6.13. The molecule has 1 aliphatic carbocycles. The van der Waals surface area contributed by atoms with E-state index < -0.39 is 5.54 Å².